The fraction of sp³-hybridized carbons (Fsp3) is 0.250. The van der Waals surface area contributed by atoms with Crippen molar-refractivity contribution in [3.8, 4) is 5.75 Å². The third kappa shape index (κ3) is 3.62. The lowest BCUT2D eigenvalue weighted by Crippen LogP contribution is -2.54. The minimum atomic E-state index is -0.805. The predicted molar refractivity (Wildman–Crippen MR) is 104 cm³/mol. The molecule has 1 fully saturated rings. The monoisotopic (exact) mass is 383 g/mol. The molecule has 0 atom stereocenters. The number of imide groups is 2. The summed E-state index contributed by atoms with van der Waals surface area (Å²) in [6.07, 6.45) is 1.34. The molecule has 146 valence electrons. The van der Waals surface area contributed by atoms with Crippen LogP contribution in [0.5, 0.6) is 5.75 Å². The topological polar surface area (TPSA) is 92.1 Å². The molecule has 0 radical (unpaired) electrons. The minimum absolute atomic E-state index is 0.184. The number of benzene rings is 1. The van der Waals surface area contributed by atoms with Crippen molar-refractivity contribution in [2.75, 3.05) is 30.0 Å². The number of amides is 4. The van der Waals surface area contributed by atoms with Crippen LogP contribution < -0.4 is 19.9 Å². The number of nitrogens with zero attached hydrogens (tertiary/aromatic N) is 2. The number of urea groups is 1. The zero-order chi connectivity index (χ0) is 20.3. The Morgan fingerprint density at radius 2 is 1.75 bits per heavy atom. The Morgan fingerprint density at radius 1 is 1.07 bits per heavy atom. The average molecular weight is 383 g/mol. The molecule has 1 aliphatic heterocycles. The van der Waals surface area contributed by atoms with Gasteiger partial charge >= 0.3 is 6.03 Å². The Balaban J connectivity index is 1.92. The van der Waals surface area contributed by atoms with E-state index in [0.717, 1.165) is 18.0 Å². The van der Waals surface area contributed by atoms with Gasteiger partial charge in [-0.3, -0.25) is 14.9 Å². The molecule has 1 aromatic heterocycles. The summed E-state index contributed by atoms with van der Waals surface area (Å²) in [4.78, 5) is 40.2. The van der Waals surface area contributed by atoms with Crippen LogP contribution >= 0.6 is 0 Å². The molecule has 0 spiro atoms. The standard InChI is InChI=1S/C20H21N3O5/c1-4-22(5-2)17-11-10-15(28-17)12-16-18(24)21-20(26)23(19(16)25)13-6-8-14(27-3)9-7-13/h6-12H,4-5H2,1-3H3,(H,21,24,26). The lowest BCUT2D eigenvalue weighted by atomic mass is 10.1. The number of hydrogen-bond donors (Lipinski definition) is 1. The van der Waals surface area contributed by atoms with Gasteiger partial charge < -0.3 is 14.1 Å². The third-order valence-electron chi connectivity index (χ3n) is 4.41. The summed E-state index contributed by atoms with van der Waals surface area (Å²) < 4.78 is 10.8. The molecule has 0 saturated carbocycles. The number of anilines is 2. The molecule has 3 rings (SSSR count). The zero-order valence-corrected chi connectivity index (χ0v) is 15.9. The van der Waals surface area contributed by atoms with E-state index >= 15 is 0 Å². The molecule has 4 amide bonds. The van der Waals surface area contributed by atoms with E-state index in [1.165, 1.54) is 13.2 Å². The summed E-state index contributed by atoms with van der Waals surface area (Å²) in [5, 5.41) is 2.18. The highest BCUT2D eigenvalue weighted by Gasteiger charge is 2.37. The molecule has 2 heterocycles. The second kappa shape index (κ2) is 7.99. The summed E-state index contributed by atoms with van der Waals surface area (Å²) in [6, 6.07) is 9.02. The summed E-state index contributed by atoms with van der Waals surface area (Å²) in [5.74, 6) is 0.0910. The summed E-state index contributed by atoms with van der Waals surface area (Å²) >= 11 is 0. The van der Waals surface area contributed by atoms with E-state index in [9.17, 15) is 14.4 Å². The fourth-order valence-corrected chi connectivity index (χ4v) is 2.89. The van der Waals surface area contributed by atoms with Crippen molar-refractivity contribution < 1.29 is 23.5 Å². The maximum Gasteiger partial charge on any atom is 0.335 e. The van der Waals surface area contributed by atoms with Crippen molar-refractivity contribution in [1.82, 2.24) is 5.32 Å². The molecule has 0 unspecified atom stereocenters. The van der Waals surface area contributed by atoms with Gasteiger partial charge in [-0.15, -0.1) is 0 Å². The van der Waals surface area contributed by atoms with Gasteiger partial charge in [0.15, 0.2) is 5.88 Å². The minimum Gasteiger partial charge on any atom is -0.497 e. The van der Waals surface area contributed by atoms with Crippen molar-refractivity contribution in [3.63, 3.8) is 0 Å². The van der Waals surface area contributed by atoms with Crippen LogP contribution in [-0.4, -0.2) is 38.0 Å². The van der Waals surface area contributed by atoms with E-state index in [4.69, 9.17) is 9.15 Å². The molecule has 28 heavy (non-hydrogen) atoms. The van der Waals surface area contributed by atoms with Gasteiger partial charge in [-0.1, -0.05) is 0 Å². The van der Waals surface area contributed by atoms with E-state index in [1.807, 2.05) is 18.7 Å². The second-order valence-electron chi connectivity index (χ2n) is 6.00. The summed E-state index contributed by atoms with van der Waals surface area (Å²) in [5.41, 5.74) is 0.140. The van der Waals surface area contributed by atoms with Crippen molar-refractivity contribution in [2.24, 2.45) is 0 Å². The lowest BCUT2D eigenvalue weighted by Gasteiger charge is -2.26. The molecule has 1 N–H and O–H groups in total. The maximum atomic E-state index is 12.9. The largest absolute Gasteiger partial charge is 0.497 e. The second-order valence-corrected chi connectivity index (χ2v) is 6.00. The molecule has 8 heteroatoms. The van der Waals surface area contributed by atoms with Crippen molar-refractivity contribution >= 4 is 35.5 Å². The Hall–Kier alpha value is -3.55. The molecular weight excluding hydrogens is 362 g/mol. The van der Waals surface area contributed by atoms with Gasteiger partial charge in [-0.25, -0.2) is 9.69 Å². The van der Waals surface area contributed by atoms with Crippen LogP contribution in [0.15, 0.2) is 46.4 Å². The van der Waals surface area contributed by atoms with Crippen LogP contribution in [0.25, 0.3) is 6.08 Å². The molecule has 8 nitrogen and oxygen atoms in total. The highest BCUT2D eigenvalue weighted by Crippen LogP contribution is 2.25. The first-order valence-corrected chi connectivity index (χ1v) is 8.88. The Kier molecular flexibility index (Phi) is 5.49. The first kappa shape index (κ1) is 19.2. The van der Waals surface area contributed by atoms with Crippen molar-refractivity contribution in [3.05, 3.63) is 47.7 Å². The van der Waals surface area contributed by atoms with Gasteiger partial charge in [0.25, 0.3) is 11.8 Å². The number of carbonyl (C=O) groups excluding carboxylic acids is 3. The molecule has 1 saturated heterocycles. The Morgan fingerprint density at radius 3 is 2.36 bits per heavy atom. The molecule has 1 aliphatic rings. The van der Waals surface area contributed by atoms with Crippen molar-refractivity contribution in [1.29, 1.82) is 0 Å². The molecule has 1 aromatic carbocycles. The van der Waals surface area contributed by atoms with E-state index in [-0.39, 0.29) is 5.57 Å². The number of hydrogen-bond acceptors (Lipinski definition) is 6. The first-order valence-electron chi connectivity index (χ1n) is 8.88. The number of barbiturate groups is 1. The number of methoxy groups -OCH3 is 1. The van der Waals surface area contributed by atoms with E-state index in [0.29, 0.717) is 23.1 Å². The molecule has 0 aliphatic carbocycles. The number of rotatable bonds is 6. The molecule has 2 aromatic rings. The number of carbonyl (C=O) groups is 3. The summed E-state index contributed by atoms with van der Waals surface area (Å²) in [7, 11) is 1.52. The fourth-order valence-electron chi connectivity index (χ4n) is 2.89. The quantitative estimate of drug-likeness (QED) is 0.609. The van der Waals surface area contributed by atoms with Gasteiger partial charge in [0, 0.05) is 19.2 Å². The van der Waals surface area contributed by atoms with Gasteiger partial charge in [-0.2, -0.15) is 0 Å². The Bertz CT molecular complexity index is 926. The van der Waals surface area contributed by atoms with Crippen molar-refractivity contribution in [2.45, 2.75) is 13.8 Å². The van der Waals surface area contributed by atoms with Crippen LogP contribution in [0, 0.1) is 0 Å². The van der Waals surface area contributed by atoms with Crippen LogP contribution in [0.2, 0.25) is 0 Å². The van der Waals surface area contributed by atoms with Gasteiger partial charge in [0.1, 0.15) is 17.1 Å². The highest BCUT2D eigenvalue weighted by molar-refractivity contribution is 6.39. The molecular formula is C20H21N3O5. The zero-order valence-electron chi connectivity index (χ0n) is 15.9. The van der Waals surface area contributed by atoms with Crippen LogP contribution in [0.3, 0.4) is 0 Å². The average Bonchev–Trinajstić information content (AvgIpc) is 3.15. The van der Waals surface area contributed by atoms with Crippen LogP contribution in [-0.2, 0) is 9.59 Å². The van der Waals surface area contributed by atoms with Gasteiger partial charge in [-0.05, 0) is 50.3 Å². The number of nitrogens with one attached hydrogen (secondary N) is 1. The van der Waals surface area contributed by atoms with Crippen LogP contribution in [0.1, 0.15) is 19.6 Å². The van der Waals surface area contributed by atoms with Gasteiger partial charge in [0.05, 0.1) is 12.8 Å². The SMILES string of the molecule is CCN(CC)c1ccc(C=C2C(=O)NC(=O)N(c3ccc(OC)cc3)C2=O)o1. The van der Waals surface area contributed by atoms with E-state index < -0.39 is 17.8 Å². The predicted octanol–water partition coefficient (Wildman–Crippen LogP) is 2.80. The number of furan rings is 1. The smallest absolute Gasteiger partial charge is 0.335 e. The van der Waals surface area contributed by atoms with Gasteiger partial charge in [0.2, 0.25) is 0 Å². The first-order chi connectivity index (χ1) is 13.5. The Labute approximate surface area is 162 Å². The maximum absolute atomic E-state index is 12.9. The molecule has 0 bridgehead atoms. The van der Waals surface area contributed by atoms with E-state index in [2.05, 4.69) is 5.32 Å². The normalized spacial score (nSPS) is 15.8. The highest BCUT2D eigenvalue weighted by atomic mass is 16.5. The lowest BCUT2D eigenvalue weighted by molar-refractivity contribution is -0.122. The van der Waals surface area contributed by atoms with E-state index in [1.54, 1.807) is 36.4 Å². The summed E-state index contributed by atoms with van der Waals surface area (Å²) in [6.45, 7) is 5.53. The third-order valence-corrected chi connectivity index (χ3v) is 4.41. The van der Waals surface area contributed by atoms with Crippen LogP contribution in [0.4, 0.5) is 16.4 Å². The number of ether oxygens (including phenoxy) is 1.